The van der Waals surface area contributed by atoms with E-state index in [9.17, 15) is 14.4 Å². The Morgan fingerprint density at radius 1 is 1.00 bits per heavy atom. The lowest BCUT2D eigenvalue weighted by molar-refractivity contribution is -0.152. The summed E-state index contributed by atoms with van der Waals surface area (Å²) in [6, 6.07) is 14.2. The van der Waals surface area contributed by atoms with Gasteiger partial charge in [-0.25, -0.2) is 4.79 Å². The molecule has 3 aliphatic rings. The van der Waals surface area contributed by atoms with Crippen LogP contribution in [0.15, 0.2) is 63.3 Å². The summed E-state index contributed by atoms with van der Waals surface area (Å²) in [7, 11) is 0. The number of fused-ring (bicyclic) bond motifs is 2. The topological polar surface area (TPSA) is 72.8 Å². The van der Waals surface area contributed by atoms with Gasteiger partial charge < -0.3 is 4.74 Å². The number of hydrogen-bond acceptors (Lipinski definition) is 7. The summed E-state index contributed by atoms with van der Waals surface area (Å²) in [6.07, 6.45) is 1.51. The molecule has 4 atom stereocenters. The van der Waals surface area contributed by atoms with Gasteiger partial charge in [0, 0.05) is 46.0 Å². The van der Waals surface area contributed by atoms with Crippen LogP contribution in [-0.2, 0) is 19.1 Å². The van der Waals surface area contributed by atoms with E-state index in [1.165, 1.54) is 0 Å². The Morgan fingerprint density at radius 2 is 1.58 bits per heavy atom. The van der Waals surface area contributed by atoms with E-state index in [0.717, 1.165) is 26.9 Å². The lowest BCUT2D eigenvalue weighted by atomic mass is 9.62. The summed E-state index contributed by atoms with van der Waals surface area (Å²) in [5.41, 5.74) is 0.215. The second-order valence-electron chi connectivity index (χ2n) is 8.83. The van der Waals surface area contributed by atoms with Gasteiger partial charge in [0.25, 0.3) is 0 Å². The number of esters is 1. The monoisotopic (exact) mass is 559 g/mol. The van der Waals surface area contributed by atoms with Gasteiger partial charge in [0.15, 0.2) is 17.1 Å². The van der Waals surface area contributed by atoms with Crippen molar-refractivity contribution in [1.29, 1.82) is 0 Å². The van der Waals surface area contributed by atoms with E-state index in [4.69, 9.17) is 32.9 Å². The Labute approximate surface area is 228 Å². The zero-order valence-corrected chi connectivity index (χ0v) is 22.6. The molecule has 0 aromatic heterocycles. The maximum absolute atomic E-state index is 14.0. The molecule has 5 nitrogen and oxygen atoms in total. The molecule has 1 unspecified atom stereocenters. The zero-order valence-electron chi connectivity index (χ0n) is 19.4. The van der Waals surface area contributed by atoms with Crippen molar-refractivity contribution in [3.63, 3.8) is 0 Å². The van der Waals surface area contributed by atoms with E-state index in [2.05, 4.69) is 0 Å². The highest BCUT2D eigenvalue weighted by molar-refractivity contribution is 8.25. The first kappa shape index (κ1) is 25.6. The number of hydrogen-bond donors (Lipinski definition) is 0. The van der Waals surface area contributed by atoms with Gasteiger partial charge in [0.1, 0.15) is 0 Å². The number of nitrogens with zero attached hydrogens (tertiary/aromatic N) is 1. The predicted molar refractivity (Wildman–Crippen MR) is 146 cm³/mol. The fourth-order valence-corrected chi connectivity index (χ4v) is 8.19. The van der Waals surface area contributed by atoms with Crippen LogP contribution in [0, 0.1) is 5.92 Å². The van der Waals surface area contributed by atoms with Crippen molar-refractivity contribution in [2.75, 3.05) is 18.1 Å². The van der Waals surface area contributed by atoms with Crippen LogP contribution in [0.2, 0.25) is 10.0 Å². The number of carbonyl (C=O) groups is 3. The van der Waals surface area contributed by atoms with Gasteiger partial charge in [0.2, 0.25) is 0 Å². The molecule has 0 radical (unpaired) electrons. The predicted octanol–water partition coefficient (Wildman–Crippen LogP) is 6.10. The number of carbonyl (C=O) groups excluding carboxylic acids is 3. The molecule has 2 aromatic rings. The average Bonchev–Trinajstić information content (AvgIpc) is 3.53. The lowest BCUT2D eigenvalue weighted by Crippen LogP contribution is -2.51. The van der Waals surface area contributed by atoms with E-state index in [1.807, 2.05) is 24.3 Å². The molecule has 2 heterocycles. The molecule has 1 saturated carbocycles. The molecule has 9 heteroatoms. The number of halogens is 2. The van der Waals surface area contributed by atoms with Crippen LogP contribution >= 0.6 is 46.7 Å². The first-order chi connectivity index (χ1) is 17.4. The van der Waals surface area contributed by atoms with Crippen LogP contribution in [-0.4, -0.2) is 47.4 Å². The minimum absolute atomic E-state index is 0.0553. The highest BCUT2D eigenvalue weighted by atomic mass is 35.5. The molecule has 2 bridgehead atoms. The Bertz CT molecular complexity index is 1270. The van der Waals surface area contributed by atoms with Gasteiger partial charge in [-0.15, -0.1) is 23.5 Å². The van der Waals surface area contributed by atoms with Crippen molar-refractivity contribution >= 4 is 70.5 Å². The standard InChI is InChI=1S/C27H23Cl2NO4S2/c1-2-34-26(33)27-20(15-3-7-17(28)8-4-15)13-21(31)22(25-35-11-12-36-25)24(32)19(14-30-27)23(27)16-5-9-18(29)10-6-16/h3-10,14,19-20,23H,2,11-13H2,1H3/t19-,20+,23+,27?/m0/s1. The second-order valence-corrected chi connectivity index (χ2v) is 12.2. The number of aliphatic imine (C=N–C) groups is 1. The quantitative estimate of drug-likeness (QED) is 0.256. The number of thioether (sulfide) groups is 2. The number of ketones is 2. The van der Waals surface area contributed by atoms with E-state index in [0.29, 0.717) is 10.0 Å². The summed E-state index contributed by atoms with van der Waals surface area (Å²) in [4.78, 5) is 46.5. The SMILES string of the molecule is CCOC(=O)C12N=C[C@H](C(=O)C(=C3SCCS3)C(=O)C[C@@H]1c1ccc(Cl)cc1)[C@H]2c1ccc(Cl)cc1. The zero-order chi connectivity index (χ0) is 25.4. The molecule has 0 spiro atoms. The number of Topliss-reactive ketones (excluding diaryl/α,β-unsaturated/α-hetero) is 2. The van der Waals surface area contributed by atoms with Crippen molar-refractivity contribution in [2.24, 2.45) is 10.9 Å². The van der Waals surface area contributed by atoms with Crippen molar-refractivity contribution in [3.8, 4) is 0 Å². The number of allylic oxidation sites excluding steroid dienone is 1. The summed E-state index contributed by atoms with van der Waals surface area (Å²) in [5, 5.41) is 1.08. The molecular formula is C27H23Cl2NO4S2. The first-order valence-electron chi connectivity index (χ1n) is 11.7. The van der Waals surface area contributed by atoms with E-state index >= 15 is 0 Å². The van der Waals surface area contributed by atoms with E-state index in [1.54, 1.807) is 60.9 Å². The third kappa shape index (κ3) is 4.34. The molecule has 2 fully saturated rings. The largest absolute Gasteiger partial charge is 0.464 e. The molecule has 2 aliphatic heterocycles. The minimum Gasteiger partial charge on any atom is -0.464 e. The van der Waals surface area contributed by atoms with Crippen LogP contribution in [0.5, 0.6) is 0 Å². The van der Waals surface area contributed by atoms with Gasteiger partial charge in [-0.2, -0.15) is 0 Å². The summed E-state index contributed by atoms with van der Waals surface area (Å²) in [6.45, 7) is 1.88. The normalized spacial score (nSPS) is 27.8. The van der Waals surface area contributed by atoms with Crippen molar-refractivity contribution in [3.05, 3.63) is 79.5 Å². The number of ether oxygens (including phenoxy) is 1. The fraction of sp³-hybridized carbons (Fsp3) is 0.333. The molecule has 1 aliphatic carbocycles. The molecule has 1 saturated heterocycles. The van der Waals surface area contributed by atoms with Crippen molar-refractivity contribution < 1.29 is 19.1 Å². The highest BCUT2D eigenvalue weighted by Crippen LogP contribution is 2.55. The molecular weight excluding hydrogens is 537 g/mol. The van der Waals surface area contributed by atoms with Crippen LogP contribution in [0.25, 0.3) is 0 Å². The van der Waals surface area contributed by atoms with Crippen molar-refractivity contribution in [2.45, 2.75) is 30.7 Å². The van der Waals surface area contributed by atoms with E-state index < -0.39 is 29.3 Å². The fourth-order valence-electron chi connectivity index (χ4n) is 5.35. The van der Waals surface area contributed by atoms with E-state index in [-0.39, 0.29) is 30.2 Å². The third-order valence-electron chi connectivity index (χ3n) is 6.89. The minimum atomic E-state index is -1.50. The van der Waals surface area contributed by atoms with Gasteiger partial charge in [-0.05, 0) is 42.3 Å². The maximum Gasteiger partial charge on any atom is 0.335 e. The van der Waals surface area contributed by atoms with Gasteiger partial charge in [-0.1, -0.05) is 47.5 Å². The van der Waals surface area contributed by atoms with Crippen LogP contribution in [0.4, 0.5) is 0 Å². The lowest BCUT2D eigenvalue weighted by Gasteiger charge is -2.41. The first-order valence-corrected chi connectivity index (χ1v) is 14.4. The molecule has 186 valence electrons. The summed E-state index contributed by atoms with van der Waals surface area (Å²) >= 11 is 15.4. The van der Waals surface area contributed by atoms with Crippen LogP contribution < -0.4 is 0 Å². The Hall–Kier alpha value is -2.06. The Balaban J connectivity index is 1.78. The third-order valence-corrected chi connectivity index (χ3v) is 10.1. The smallest absolute Gasteiger partial charge is 0.335 e. The Morgan fingerprint density at radius 3 is 2.17 bits per heavy atom. The molecule has 5 rings (SSSR count). The molecule has 0 amide bonds. The van der Waals surface area contributed by atoms with Crippen molar-refractivity contribution in [1.82, 2.24) is 0 Å². The van der Waals surface area contributed by atoms with Crippen LogP contribution in [0.1, 0.15) is 36.3 Å². The molecule has 0 N–H and O–H groups in total. The summed E-state index contributed by atoms with van der Waals surface area (Å²) < 4.78 is 6.36. The van der Waals surface area contributed by atoms with Crippen LogP contribution in [0.3, 0.4) is 0 Å². The van der Waals surface area contributed by atoms with Gasteiger partial charge >= 0.3 is 5.97 Å². The molecule has 36 heavy (non-hydrogen) atoms. The van der Waals surface area contributed by atoms with Gasteiger partial charge in [-0.3, -0.25) is 14.6 Å². The maximum atomic E-state index is 14.0. The number of rotatable bonds is 4. The number of benzene rings is 2. The summed E-state index contributed by atoms with van der Waals surface area (Å²) in [5.74, 6) is -1.54. The van der Waals surface area contributed by atoms with Gasteiger partial charge in [0.05, 0.1) is 22.3 Å². The second kappa shape index (κ2) is 10.4. The Kier molecular flexibility index (Phi) is 7.37. The highest BCUT2D eigenvalue weighted by Gasteiger charge is 2.62. The average molecular weight is 561 g/mol. The molecule has 2 aromatic carbocycles.